The summed E-state index contributed by atoms with van der Waals surface area (Å²) in [6, 6.07) is 7.58. The van der Waals surface area contributed by atoms with Gasteiger partial charge in [0.15, 0.2) is 0 Å². The molecule has 0 saturated carbocycles. The summed E-state index contributed by atoms with van der Waals surface area (Å²) in [7, 11) is -1.47. The highest BCUT2D eigenvalue weighted by Crippen LogP contribution is 2.12. The van der Waals surface area contributed by atoms with Gasteiger partial charge in [-0.2, -0.15) is 4.31 Å². The highest BCUT2D eigenvalue weighted by atomic mass is 32.2. The van der Waals surface area contributed by atoms with Gasteiger partial charge in [-0.25, -0.2) is 8.42 Å². The molecule has 20 heavy (non-hydrogen) atoms. The molecule has 0 aliphatic carbocycles. The highest BCUT2D eigenvalue weighted by Gasteiger charge is 2.20. The molecule has 0 unspecified atom stereocenters. The zero-order valence-corrected chi connectivity index (χ0v) is 12.9. The molecule has 1 aromatic carbocycles. The summed E-state index contributed by atoms with van der Waals surface area (Å²) >= 11 is 0. The van der Waals surface area contributed by atoms with Gasteiger partial charge in [0.1, 0.15) is 0 Å². The molecule has 0 atom stereocenters. The van der Waals surface area contributed by atoms with Crippen molar-refractivity contribution in [3.8, 4) is 12.3 Å². The van der Waals surface area contributed by atoms with E-state index in [1.165, 1.54) is 4.31 Å². The minimum absolute atomic E-state index is 0.00544. The largest absolute Gasteiger partial charge is 0.316 e. The van der Waals surface area contributed by atoms with E-state index in [4.69, 9.17) is 6.42 Å². The molecule has 0 spiro atoms. The van der Waals surface area contributed by atoms with Crippen LogP contribution >= 0.6 is 0 Å². The second-order valence-corrected chi connectivity index (χ2v) is 6.61. The van der Waals surface area contributed by atoms with Gasteiger partial charge in [0, 0.05) is 13.1 Å². The van der Waals surface area contributed by atoms with Gasteiger partial charge in [-0.15, -0.1) is 6.42 Å². The van der Waals surface area contributed by atoms with Crippen LogP contribution in [0.2, 0.25) is 0 Å². The second kappa shape index (κ2) is 8.05. The third-order valence-corrected chi connectivity index (χ3v) is 4.68. The van der Waals surface area contributed by atoms with Crippen LogP contribution in [0.5, 0.6) is 0 Å². The number of nitrogens with zero attached hydrogens (tertiary/aromatic N) is 1. The molecule has 0 amide bonds. The van der Waals surface area contributed by atoms with Crippen LogP contribution in [0.3, 0.4) is 0 Å². The van der Waals surface area contributed by atoms with Crippen LogP contribution in [0.4, 0.5) is 0 Å². The predicted molar refractivity (Wildman–Crippen MR) is 82.5 cm³/mol. The van der Waals surface area contributed by atoms with E-state index in [9.17, 15) is 8.42 Å². The Balaban J connectivity index is 2.81. The van der Waals surface area contributed by atoms with Gasteiger partial charge in [0.25, 0.3) is 0 Å². The molecular weight excluding hydrogens is 272 g/mol. The molecule has 0 saturated heterocycles. The van der Waals surface area contributed by atoms with Gasteiger partial charge >= 0.3 is 0 Å². The standard InChI is InChI=1S/C15H22N2O2S/c1-4-10-17(11-5-2)20(18,19)13-15-8-6-14(7-9-15)12-16-3/h1,6-9,16H,5,10-13H2,2-3H3. The first-order valence-corrected chi connectivity index (χ1v) is 8.28. The van der Waals surface area contributed by atoms with Gasteiger partial charge in [-0.3, -0.25) is 0 Å². The lowest BCUT2D eigenvalue weighted by molar-refractivity contribution is 0.445. The number of benzene rings is 1. The summed E-state index contributed by atoms with van der Waals surface area (Å²) < 4.78 is 26.0. The molecule has 0 heterocycles. The van der Waals surface area contributed by atoms with E-state index >= 15 is 0 Å². The Morgan fingerprint density at radius 3 is 2.35 bits per heavy atom. The normalized spacial score (nSPS) is 11.5. The summed E-state index contributed by atoms with van der Waals surface area (Å²) in [6.45, 7) is 3.30. The molecule has 0 bridgehead atoms. The Hall–Kier alpha value is -1.35. The first-order chi connectivity index (χ1) is 9.53. The second-order valence-electron chi connectivity index (χ2n) is 4.64. The molecule has 0 radical (unpaired) electrons. The zero-order chi connectivity index (χ0) is 15.0. The number of sulfonamides is 1. The molecule has 110 valence electrons. The van der Waals surface area contributed by atoms with Crippen LogP contribution < -0.4 is 5.32 Å². The fourth-order valence-electron chi connectivity index (χ4n) is 1.93. The molecule has 0 aromatic heterocycles. The maximum absolute atomic E-state index is 12.3. The maximum atomic E-state index is 12.3. The molecule has 0 aliphatic heterocycles. The van der Waals surface area contributed by atoms with Gasteiger partial charge in [-0.1, -0.05) is 37.1 Å². The van der Waals surface area contributed by atoms with Crippen LogP contribution in [-0.4, -0.2) is 32.9 Å². The van der Waals surface area contributed by atoms with Crippen molar-refractivity contribution in [1.29, 1.82) is 0 Å². The molecule has 4 nitrogen and oxygen atoms in total. The molecule has 0 fully saturated rings. The molecular formula is C15H22N2O2S. The van der Waals surface area contributed by atoms with Gasteiger partial charge in [-0.05, 0) is 24.6 Å². The number of terminal acetylenes is 1. The van der Waals surface area contributed by atoms with Gasteiger partial charge in [0.2, 0.25) is 10.0 Å². The molecule has 1 aromatic rings. The molecule has 0 aliphatic rings. The summed E-state index contributed by atoms with van der Waals surface area (Å²) in [5.41, 5.74) is 1.91. The Kier molecular flexibility index (Phi) is 6.73. The Labute approximate surface area is 122 Å². The van der Waals surface area contributed by atoms with Gasteiger partial charge in [0.05, 0.1) is 12.3 Å². The van der Waals surface area contributed by atoms with Crippen LogP contribution in [0.1, 0.15) is 24.5 Å². The summed E-state index contributed by atoms with van der Waals surface area (Å²) in [4.78, 5) is 0. The lowest BCUT2D eigenvalue weighted by Crippen LogP contribution is -2.33. The monoisotopic (exact) mass is 294 g/mol. The van der Waals surface area contributed by atoms with Crippen LogP contribution in [0.15, 0.2) is 24.3 Å². The first kappa shape index (κ1) is 16.7. The highest BCUT2D eigenvalue weighted by molar-refractivity contribution is 7.88. The van der Waals surface area contributed by atoms with E-state index in [0.717, 1.165) is 24.1 Å². The fourth-order valence-corrected chi connectivity index (χ4v) is 3.46. The first-order valence-electron chi connectivity index (χ1n) is 6.67. The Morgan fingerprint density at radius 1 is 1.25 bits per heavy atom. The number of hydrogen-bond donors (Lipinski definition) is 1. The summed E-state index contributed by atoms with van der Waals surface area (Å²) in [6.07, 6.45) is 5.99. The Bertz CT molecular complexity index is 544. The van der Waals surface area contributed by atoms with E-state index in [-0.39, 0.29) is 12.3 Å². The third kappa shape index (κ3) is 4.97. The number of rotatable bonds is 8. The molecule has 1 rings (SSSR count). The van der Waals surface area contributed by atoms with E-state index in [1.54, 1.807) is 0 Å². The van der Waals surface area contributed by atoms with Crippen LogP contribution in [0.25, 0.3) is 0 Å². The van der Waals surface area contributed by atoms with Crippen molar-refractivity contribution in [1.82, 2.24) is 9.62 Å². The fraction of sp³-hybridized carbons (Fsp3) is 0.467. The summed E-state index contributed by atoms with van der Waals surface area (Å²) in [5, 5.41) is 3.05. The van der Waals surface area contributed by atoms with E-state index in [1.807, 2.05) is 38.2 Å². The van der Waals surface area contributed by atoms with E-state index in [2.05, 4.69) is 11.2 Å². The quantitative estimate of drug-likeness (QED) is 0.741. The van der Waals surface area contributed by atoms with Crippen molar-refractivity contribution in [2.45, 2.75) is 25.6 Å². The third-order valence-electron chi connectivity index (χ3n) is 2.89. The van der Waals surface area contributed by atoms with Crippen LogP contribution in [0, 0.1) is 12.3 Å². The van der Waals surface area contributed by atoms with Crippen molar-refractivity contribution in [2.24, 2.45) is 0 Å². The minimum atomic E-state index is -3.35. The lowest BCUT2D eigenvalue weighted by Gasteiger charge is -2.19. The Morgan fingerprint density at radius 2 is 1.85 bits per heavy atom. The average Bonchev–Trinajstić information content (AvgIpc) is 2.41. The number of hydrogen-bond acceptors (Lipinski definition) is 3. The van der Waals surface area contributed by atoms with E-state index < -0.39 is 10.0 Å². The van der Waals surface area contributed by atoms with Gasteiger partial charge < -0.3 is 5.32 Å². The SMILES string of the molecule is C#CCN(CCC)S(=O)(=O)Cc1ccc(CNC)cc1. The zero-order valence-electron chi connectivity index (χ0n) is 12.1. The average molecular weight is 294 g/mol. The molecule has 5 heteroatoms. The van der Waals surface area contributed by atoms with Crippen molar-refractivity contribution in [2.75, 3.05) is 20.1 Å². The van der Waals surface area contributed by atoms with Crippen molar-refractivity contribution in [3.05, 3.63) is 35.4 Å². The maximum Gasteiger partial charge on any atom is 0.219 e. The smallest absolute Gasteiger partial charge is 0.219 e. The number of nitrogens with one attached hydrogen (secondary N) is 1. The minimum Gasteiger partial charge on any atom is -0.316 e. The van der Waals surface area contributed by atoms with Crippen molar-refractivity contribution in [3.63, 3.8) is 0 Å². The van der Waals surface area contributed by atoms with Crippen LogP contribution in [-0.2, 0) is 22.3 Å². The van der Waals surface area contributed by atoms with Crippen molar-refractivity contribution >= 4 is 10.0 Å². The topological polar surface area (TPSA) is 49.4 Å². The lowest BCUT2D eigenvalue weighted by atomic mass is 10.1. The summed E-state index contributed by atoms with van der Waals surface area (Å²) in [5.74, 6) is 2.40. The predicted octanol–water partition coefficient (Wildman–Crippen LogP) is 1.58. The molecule has 1 N–H and O–H groups in total. The van der Waals surface area contributed by atoms with Crippen molar-refractivity contribution < 1.29 is 8.42 Å². The van der Waals surface area contributed by atoms with E-state index in [0.29, 0.717) is 6.54 Å².